The van der Waals surface area contributed by atoms with E-state index in [0.29, 0.717) is 19.1 Å². The number of nitrogens with one attached hydrogen (secondary N) is 2. The molecule has 0 aromatic heterocycles. The van der Waals surface area contributed by atoms with E-state index in [2.05, 4.69) is 17.2 Å². The molecule has 2 N–H and O–H groups in total. The Kier molecular flexibility index (Phi) is 5.36. The maximum Gasteiger partial charge on any atom is 0.222 e. The Morgan fingerprint density at radius 1 is 1.73 bits per heavy atom. The van der Waals surface area contributed by atoms with Gasteiger partial charge in [-0.3, -0.25) is 4.79 Å². The SMILES string of the molecule is C=CCC(C)NC(=O)CCOC1CNC1. The Hall–Kier alpha value is -0.870. The fraction of sp³-hybridized carbons (Fsp3) is 0.727. The number of carbonyl (C=O) groups excluding carboxylic acids is 1. The van der Waals surface area contributed by atoms with Gasteiger partial charge in [0.1, 0.15) is 0 Å². The van der Waals surface area contributed by atoms with Crippen LogP contribution in [0.25, 0.3) is 0 Å². The predicted octanol–water partition coefficient (Wildman–Crippen LogP) is 0.446. The van der Waals surface area contributed by atoms with Crippen molar-refractivity contribution in [2.24, 2.45) is 0 Å². The van der Waals surface area contributed by atoms with E-state index >= 15 is 0 Å². The summed E-state index contributed by atoms with van der Waals surface area (Å²) in [5.74, 6) is 0.0524. The molecule has 15 heavy (non-hydrogen) atoms. The van der Waals surface area contributed by atoms with Crippen molar-refractivity contribution in [1.29, 1.82) is 0 Å². The summed E-state index contributed by atoms with van der Waals surface area (Å²) in [7, 11) is 0. The minimum absolute atomic E-state index is 0.0524. The zero-order valence-corrected chi connectivity index (χ0v) is 9.29. The Morgan fingerprint density at radius 2 is 2.47 bits per heavy atom. The largest absolute Gasteiger partial charge is 0.375 e. The molecule has 1 aliphatic rings. The van der Waals surface area contributed by atoms with Crippen LogP contribution in [-0.4, -0.2) is 37.7 Å². The normalized spacial score (nSPS) is 17.9. The first-order valence-electron chi connectivity index (χ1n) is 5.45. The lowest BCUT2D eigenvalue weighted by Gasteiger charge is -2.27. The molecular weight excluding hydrogens is 192 g/mol. The Balaban J connectivity index is 1.99. The second-order valence-electron chi connectivity index (χ2n) is 3.89. The molecule has 1 unspecified atom stereocenters. The van der Waals surface area contributed by atoms with E-state index in [1.807, 2.05) is 13.0 Å². The third kappa shape index (κ3) is 4.95. The third-order valence-corrected chi connectivity index (χ3v) is 2.35. The molecule has 0 spiro atoms. The smallest absolute Gasteiger partial charge is 0.222 e. The standard InChI is InChI=1S/C11H20N2O2/c1-3-4-9(2)13-11(14)5-6-15-10-7-12-8-10/h3,9-10,12H,1,4-8H2,2H3,(H,13,14). The first-order valence-corrected chi connectivity index (χ1v) is 5.45. The van der Waals surface area contributed by atoms with Gasteiger partial charge in [0.05, 0.1) is 12.7 Å². The van der Waals surface area contributed by atoms with Crippen molar-refractivity contribution in [3.05, 3.63) is 12.7 Å². The molecule has 0 aliphatic carbocycles. The molecule has 1 rings (SSSR count). The van der Waals surface area contributed by atoms with Crippen LogP contribution < -0.4 is 10.6 Å². The summed E-state index contributed by atoms with van der Waals surface area (Å²) in [6.07, 6.45) is 3.36. The summed E-state index contributed by atoms with van der Waals surface area (Å²) in [5, 5.41) is 6.00. The summed E-state index contributed by atoms with van der Waals surface area (Å²) in [6, 6.07) is 0.167. The van der Waals surface area contributed by atoms with Crippen LogP contribution >= 0.6 is 0 Å². The van der Waals surface area contributed by atoms with Gasteiger partial charge in [-0.25, -0.2) is 0 Å². The molecule has 1 fully saturated rings. The molecule has 86 valence electrons. The average molecular weight is 212 g/mol. The van der Waals surface area contributed by atoms with Crippen molar-refractivity contribution >= 4 is 5.91 Å². The average Bonchev–Trinajstić information content (AvgIpc) is 2.09. The molecule has 1 amide bonds. The van der Waals surface area contributed by atoms with Gasteiger partial charge in [-0.1, -0.05) is 6.08 Å². The molecule has 0 aromatic carbocycles. The maximum absolute atomic E-state index is 11.4. The van der Waals surface area contributed by atoms with Crippen molar-refractivity contribution < 1.29 is 9.53 Å². The summed E-state index contributed by atoms with van der Waals surface area (Å²) < 4.78 is 5.45. The first kappa shape index (κ1) is 12.2. The number of carbonyl (C=O) groups is 1. The highest BCUT2D eigenvalue weighted by molar-refractivity contribution is 5.76. The quantitative estimate of drug-likeness (QED) is 0.602. The predicted molar refractivity (Wildman–Crippen MR) is 59.6 cm³/mol. The second kappa shape index (κ2) is 6.58. The second-order valence-corrected chi connectivity index (χ2v) is 3.89. The van der Waals surface area contributed by atoms with Gasteiger partial charge in [-0.15, -0.1) is 6.58 Å². The zero-order chi connectivity index (χ0) is 11.1. The molecule has 1 aliphatic heterocycles. The maximum atomic E-state index is 11.4. The van der Waals surface area contributed by atoms with Crippen LogP contribution in [0.4, 0.5) is 0 Å². The van der Waals surface area contributed by atoms with Gasteiger partial charge in [-0.05, 0) is 13.3 Å². The van der Waals surface area contributed by atoms with Gasteiger partial charge in [0.15, 0.2) is 0 Å². The van der Waals surface area contributed by atoms with Gasteiger partial charge in [0.25, 0.3) is 0 Å². The number of rotatable bonds is 7. The summed E-state index contributed by atoms with van der Waals surface area (Å²) in [4.78, 5) is 11.4. The fourth-order valence-corrected chi connectivity index (χ4v) is 1.35. The lowest BCUT2D eigenvalue weighted by molar-refractivity contribution is -0.123. The van der Waals surface area contributed by atoms with Gasteiger partial charge in [0, 0.05) is 25.6 Å². The van der Waals surface area contributed by atoms with Gasteiger partial charge in [0.2, 0.25) is 5.91 Å². The summed E-state index contributed by atoms with van der Waals surface area (Å²) in [5.41, 5.74) is 0. The van der Waals surface area contributed by atoms with Crippen LogP contribution in [0.15, 0.2) is 12.7 Å². The molecule has 0 aromatic rings. The highest BCUT2D eigenvalue weighted by Crippen LogP contribution is 1.99. The van der Waals surface area contributed by atoms with Crippen molar-refractivity contribution in [2.75, 3.05) is 19.7 Å². The molecule has 4 heteroatoms. The molecule has 0 bridgehead atoms. The lowest BCUT2D eigenvalue weighted by Crippen LogP contribution is -2.48. The molecule has 0 saturated carbocycles. The number of ether oxygens (including phenoxy) is 1. The van der Waals surface area contributed by atoms with Crippen LogP contribution in [-0.2, 0) is 9.53 Å². The first-order chi connectivity index (χ1) is 7.22. The third-order valence-electron chi connectivity index (χ3n) is 2.35. The highest BCUT2D eigenvalue weighted by Gasteiger charge is 2.17. The van der Waals surface area contributed by atoms with Gasteiger partial charge >= 0.3 is 0 Å². The zero-order valence-electron chi connectivity index (χ0n) is 9.29. The van der Waals surface area contributed by atoms with E-state index in [1.54, 1.807) is 0 Å². The van der Waals surface area contributed by atoms with E-state index in [9.17, 15) is 4.79 Å². The summed E-state index contributed by atoms with van der Waals surface area (Å²) >= 11 is 0. The van der Waals surface area contributed by atoms with Crippen LogP contribution in [0.3, 0.4) is 0 Å². The van der Waals surface area contributed by atoms with Crippen molar-refractivity contribution in [1.82, 2.24) is 10.6 Å². The molecule has 0 radical (unpaired) electrons. The monoisotopic (exact) mass is 212 g/mol. The van der Waals surface area contributed by atoms with Gasteiger partial charge < -0.3 is 15.4 Å². The van der Waals surface area contributed by atoms with Crippen LogP contribution in [0, 0.1) is 0 Å². The summed E-state index contributed by atoms with van der Waals surface area (Å²) in [6.45, 7) is 7.93. The van der Waals surface area contributed by atoms with E-state index < -0.39 is 0 Å². The van der Waals surface area contributed by atoms with Crippen molar-refractivity contribution in [3.8, 4) is 0 Å². The lowest BCUT2D eigenvalue weighted by atomic mass is 10.2. The van der Waals surface area contributed by atoms with Crippen molar-refractivity contribution in [3.63, 3.8) is 0 Å². The molecular formula is C11H20N2O2. The Morgan fingerprint density at radius 3 is 3.00 bits per heavy atom. The number of hydrogen-bond donors (Lipinski definition) is 2. The highest BCUT2D eigenvalue weighted by atomic mass is 16.5. The Labute approximate surface area is 91.1 Å². The van der Waals surface area contributed by atoms with E-state index in [4.69, 9.17) is 4.74 Å². The Bertz CT molecular complexity index is 215. The van der Waals surface area contributed by atoms with Crippen LogP contribution in [0.2, 0.25) is 0 Å². The van der Waals surface area contributed by atoms with Gasteiger partial charge in [-0.2, -0.15) is 0 Å². The fourth-order valence-electron chi connectivity index (χ4n) is 1.35. The topological polar surface area (TPSA) is 50.4 Å². The van der Waals surface area contributed by atoms with E-state index in [1.165, 1.54) is 0 Å². The molecule has 1 saturated heterocycles. The van der Waals surface area contributed by atoms with E-state index in [-0.39, 0.29) is 11.9 Å². The molecule has 1 heterocycles. The minimum Gasteiger partial charge on any atom is -0.375 e. The van der Waals surface area contributed by atoms with Crippen molar-refractivity contribution in [2.45, 2.75) is 31.9 Å². The minimum atomic E-state index is 0.0524. The van der Waals surface area contributed by atoms with E-state index in [0.717, 1.165) is 19.5 Å². The van der Waals surface area contributed by atoms with Crippen LogP contribution in [0.1, 0.15) is 19.8 Å². The molecule has 1 atom stereocenters. The number of hydrogen-bond acceptors (Lipinski definition) is 3. The van der Waals surface area contributed by atoms with Crippen LogP contribution in [0.5, 0.6) is 0 Å². The molecule has 4 nitrogen and oxygen atoms in total. The number of amides is 1.